The topological polar surface area (TPSA) is 23.6 Å². The maximum absolute atomic E-state index is 14.2. The summed E-state index contributed by atoms with van der Waals surface area (Å²) in [5.41, 5.74) is 1.73. The molecule has 2 saturated heterocycles. The molecule has 30 heavy (non-hydrogen) atoms. The van der Waals surface area contributed by atoms with E-state index in [1.165, 1.54) is 24.5 Å². The number of carbonyl (C=O) groups is 1. The summed E-state index contributed by atoms with van der Waals surface area (Å²) in [6.07, 6.45) is 5.29. The van der Waals surface area contributed by atoms with Crippen LogP contribution in [0.25, 0.3) is 0 Å². The first-order valence-corrected chi connectivity index (χ1v) is 12.0. The second kappa shape index (κ2) is 8.39. The number of fused-ring (bicyclic) bond motifs is 1. The molecule has 0 radical (unpaired) electrons. The fraction of sp³-hybridized carbons (Fsp3) is 0.542. The Morgan fingerprint density at radius 3 is 2.70 bits per heavy atom. The first-order chi connectivity index (χ1) is 14.6. The molecule has 160 valence electrons. The highest BCUT2D eigenvalue weighted by Crippen LogP contribution is 2.44. The van der Waals surface area contributed by atoms with Gasteiger partial charge in [-0.2, -0.15) is 11.3 Å². The van der Waals surface area contributed by atoms with Crippen LogP contribution < -0.4 is 0 Å². The summed E-state index contributed by atoms with van der Waals surface area (Å²) in [4.78, 5) is 17.7. The van der Waals surface area contributed by atoms with Gasteiger partial charge in [0.1, 0.15) is 0 Å². The molecule has 2 aromatic rings. The SMILES string of the molecule is O=C(C1CCCC1)N1C[C@@H](c2ccsc2)[C@@H]2CN(Cc3cccc(F)c3F)CC[C@@H]21. The minimum atomic E-state index is -0.785. The summed E-state index contributed by atoms with van der Waals surface area (Å²) >= 11 is 1.70. The third kappa shape index (κ3) is 3.69. The van der Waals surface area contributed by atoms with Crippen LogP contribution in [0.5, 0.6) is 0 Å². The molecule has 3 aliphatic rings. The highest BCUT2D eigenvalue weighted by molar-refractivity contribution is 7.08. The number of likely N-dealkylation sites (tertiary alicyclic amines) is 2. The lowest BCUT2D eigenvalue weighted by atomic mass is 9.82. The Hall–Kier alpha value is -1.79. The summed E-state index contributed by atoms with van der Waals surface area (Å²) in [6, 6.07) is 6.86. The summed E-state index contributed by atoms with van der Waals surface area (Å²) in [5.74, 6) is -0.301. The first-order valence-electron chi connectivity index (χ1n) is 11.1. The van der Waals surface area contributed by atoms with Crippen molar-refractivity contribution in [1.29, 1.82) is 0 Å². The van der Waals surface area contributed by atoms with Gasteiger partial charge >= 0.3 is 0 Å². The van der Waals surface area contributed by atoms with Gasteiger partial charge in [0.25, 0.3) is 0 Å². The Morgan fingerprint density at radius 2 is 1.93 bits per heavy atom. The number of rotatable bonds is 4. The smallest absolute Gasteiger partial charge is 0.225 e. The zero-order valence-corrected chi connectivity index (χ0v) is 17.9. The molecule has 3 heterocycles. The number of nitrogens with zero attached hydrogens (tertiary/aromatic N) is 2. The van der Waals surface area contributed by atoms with E-state index in [9.17, 15) is 13.6 Å². The molecule has 0 spiro atoms. The fourth-order valence-corrected chi connectivity index (χ4v) is 6.58. The van der Waals surface area contributed by atoms with Gasteiger partial charge in [0, 0.05) is 55.5 Å². The van der Waals surface area contributed by atoms with Gasteiger partial charge in [-0.3, -0.25) is 9.69 Å². The second-order valence-corrected chi connectivity index (χ2v) is 9.88. The summed E-state index contributed by atoms with van der Waals surface area (Å²) in [5, 5.41) is 4.31. The molecule has 0 unspecified atom stereocenters. The molecular formula is C24H28F2N2OS. The molecule has 1 aliphatic carbocycles. The average molecular weight is 431 g/mol. The van der Waals surface area contributed by atoms with Gasteiger partial charge < -0.3 is 4.90 Å². The monoisotopic (exact) mass is 430 g/mol. The van der Waals surface area contributed by atoms with Gasteiger partial charge in [-0.15, -0.1) is 0 Å². The molecule has 0 N–H and O–H groups in total. The summed E-state index contributed by atoms with van der Waals surface area (Å²) in [7, 11) is 0. The third-order valence-corrected chi connectivity index (χ3v) is 8.10. The van der Waals surface area contributed by atoms with E-state index in [2.05, 4.69) is 26.6 Å². The van der Waals surface area contributed by atoms with Crippen molar-refractivity contribution < 1.29 is 13.6 Å². The largest absolute Gasteiger partial charge is 0.338 e. The van der Waals surface area contributed by atoms with Gasteiger partial charge in [0.2, 0.25) is 5.91 Å². The van der Waals surface area contributed by atoms with E-state index in [0.717, 1.165) is 38.9 Å². The van der Waals surface area contributed by atoms with Crippen LogP contribution in [0.3, 0.4) is 0 Å². The third-order valence-electron chi connectivity index (χ3n) is 7.40. The zero-order chi connectivity index (χ0) is 20.7. The number of halogens is 2. The molecule has 1 aromatic heterocycles. The molecule has 1 saturated carbocycles. The molecule has 1 aromatic carbocycles. The molecule has 6 heteroatoms. The first kappa shape index (κ1) is 20.1. The molecule has 3 fully saturated rings. The van der Waals surface area contributed by atoms with E-state index in [-0.39, 0.29) is 12.0 Å². The van der Waals surface area contributed by atoms with Crippen LogP contribution in [0.2, 0.25) is 0 Å². The van der Waals surface area contributed by atoms with Crippen molar-refractivity contribution in [2.24, 2.45) is 11.8 Å². The van der Waals surface area contributed by atoms with E-state index in [0.29, 0.717) is 29.9 Å². The molecule has 0 bridgehead atoms. The van der Waals surface area contributed by atoms with Crippen LogP contribution in [-0.2, 0) is 11.3 Å². The Kier molecular flexibility index (Phi) is 5.63. The minimum Gasteiger partial charge on any atom is -0.338 e. The average Bonchev–Trinajstić information content (AvgIpc) is 3.51. The highest BCUT2D eigenvalue weighted by atomic mass is 32.1. The standard InChI is InChI=1S/C24H28F2N2OS/c25-21-7-3-6-17(23(21)26)12-27-10-8-22-20(13-27)19(18-9-11-30-15-18)14-28(22)24(29)16-4-1-2-5-16/h3,6-7,9,11,15-16,19-20,22H,1-2,4-5,8,10,12-14H2/t19-,20-,22-/m0/s1. The lowest BCUT2D eigenvalue weighted by Gasteiger charge is -2.39. The quantitative estimate of drug-likeness (QED) is 0.679. The van der Waals surface area contributed by atoms with Crippen LogP contribution in [0.4, 0.5) is 8.78 Å². The fourth-order valence-electron chi connectivity index (χ4n) is 5.86. The number of piperidine rings is 1. The van der Waals surface area contributed by atoms with Crippen LogP contribution >= 0.6 is 11.3 Å². The van der Waals surface area contributed by atoms with Crippen LogP contribution in [0, 0.1) is 23.5 Å². The molecule has 5 rings (SSSR count). The van der Waals surface area contributed by atoms with Crippen molar-refractivity contribution in [2.75, 3.05) is 19.6 Å². The molecule has 1 amide bonds. The van der Waals surface area contributed by atoms with Crippen molar-refractivity contribution in [3.05, 3.63) is 57.8 Å². The second-order valence-electron chi connectivity index (χ2n) is 9.10. The minimum absolute atomic E-state index is 0.200. The van der Waals surface area contributed by atoms with E-state index in [1.54, 1.807) is 23.5 Å². The molecule has 3 nitrogen and oxygen atoms in total. The normalized spacial score (nSPS) is 27.5. The van der Waals surface area contributed by atoms with Crippen molar-refractivity contribution in [3.63, 3.8) is 0 Å². The van der Waals surface area contributed by atoms with Crippen molar-refractivity contribution in [1.82, 2.24) is 9.80 Å². The van der Waals surface area contributed by atoms with Crippen LogP contribution in [0.1, 0.15) is 49.1 Å². The highest BCUT2D eigenvalue weighted by Gasteiger charge is 2.48. The summed E-state index contributed by atoms with van der Waals surface area (Å²) in [6.45, 7) is 2.83. The number of benzene rings is 1. The number of hydrogen-bond donors (Lipinski definition) is 0. The van der Waals surface area contributed by atoms with E-state index in [1.807, 2.05) is 0 Å². The Morgan fingerprint density at radius 1 is 1.10 bits per heavy atom. The van der Waals surface area contributed by atoms with Crippen LogP contribution in [0.15, 0.2) is 35.0 Å². The van der Waals surface area contributed by atoms with Gasteiger partial charge in [-0.05, 0) is 47.7 Å². The Bertz CT molecular complexity index is 897. The van der Waals surface area contributed by atoms with Crippen LogP contribution in [-0.4, -0.2) is 41.4 Å². The van der Waals surface area contributed by atoms with Gasteiger partial charge in [-0.1, -0.05) is 25.0 Å². The van der Waals surface area contributed by atoms with Gasteiger partial charge in [0.15, 0.2) is 11.6 Å². The zero-order valence-electron chi connectivity index (χ0n) is 17.1. The van der Waals surface area contributed by atoms with E-state index < -0.39 is 11.6 Å². The maximum Gasteiger partial charge on any atom is 0.225 e. The van der Waals surface area contributed by atoms with Gasteiger partial charge in [-0.25, -0.2) is 8.78 Å². The number of hydrogen-bond acceptors (Lipinski definition) is 3. The predicted octanol–water partition coefficient (Wildman–Crippen LogP) is 5.03. The maximum atomic E-state index is 14.2. The predicted molar refractivity (Wildman–Crippen MR) is 114 cm³/mol. The number of amides is 1. The lowest BCUT2D eigenvalue weighted by molar-refractivity contribution is -0.137. The summed E-state index contributed by atoms with van der Waals surface area (Å²) < 4.78 is 27.9. The molecular weight excluding hydrogens is 402 g/mol. The number of thiophene rings is 1. The van der Waals surface area contributed by atoms with Gasteiger partial charge in [0.05, 0.1) is 0 Å². The number of carbonyl (C=O) groups excluding carboxylic acids is 1. The van der Waals surface area contributed by atoms with Crippen molar-refractivity contribution in [2.45, 2.75) is 50.6 Å². The Balaban J connectivity index is 1.36. The Labute approximate surface area is 180 Å². The van der Waals surface area contributed by atoms with Crippen molar-refractivity contribution >= 4 is 17.2 Å². The van der Waals surface area contributed by atoms with E-state index in [4.69, 9.17) is 0 Å². The van der Waals surface area contributed by atoms with Crippen molar-refractivity contribution in [3.8, 4) is 0 Å². The van der Waals surface area contributed by atoms with E-state index >= 15 is 0 Å². The molecule has 3 atom stereocenters. The molecule has 2 aliphatic heterocycles. The lowest BCUT2D eigenvalue weighted by Crippen LogP contribution is -2.48.